The number of pyridine rings is 2. The van der Waals surface area contributed by atoms with E-state index in [1.54, 1.807) is 12.4 Å². The highest BCUT2D eigenvalue weighted by molar-refractivity contribution is 6.06. The summed E-state index contributed by atoms with van der Waals surface area (Å²) in [6.45, 7) is 0.887. The molecule has 2 aliphatic heterocycles. The van der Waals surface area contributed by atoms with Crippen LogP contribution in [0.5, 0.6) is 0 Å². The number of rotatable bonds is 4. The summed E-state index contributed by atoms with van der Waals surface area (Å²) >= 11 is 0. The molecule has 1 aromatic carbocycles. The zero-order valence-corrected chi connectivity index (χ0v) is 21.4. The number of amides is 2. The van der Waals surface area contributed by atoms with Gasteiger partial charge < -0.3 is 15.2 Å². The van der Waals surface area contributed by atoms with E-state index in [1.165, 1.54) is 24.1 Å². The van der Waals surface area contributed by atoms with E-state index in [-0.39, 0.29) is 17.9 Å². The molecule has 4 aromatic rings. The molecule has 8 rings (SSSR count). The van der Waals surface area contributed by atoms with Gasteiger partial charge in [-0.05, 0) is 48.9 Å². The van der Waals surface area contributed by atoms with Crippen LogP contribution in [0.25, 0.3) is 0 Å². The zero-order valence-electron chi connectivity index (χ0n) is 21.4. The molecule has 39 heavy (non-hydrogen) atoms. The smallest absolute Gasteiger partial charge is 0.253 e. The number of nitrogens with one attached hydrogen (secondary N) is 2. The Morgan fingerprint density at radius 2 is 1.87 bits per heavy atom. The van der Waals surface area contributed by atoms with Gasteiger partial charge >= 0.3 is 0 Å². The van der Waals surface area contributed by atoms with Crippen LogP contribution in [0, 0.1) is 0 Å². The molecule has 0 radical (unpaired) electrons. The third kappa shape index (κ3) is 3.54. The van der Waals surface area contributed by atoms with Gasteiger partial charge in [0, 0.05) is 60.3 Å². The maximum atomic E-state index is 13.6. The Balaban J connectivity index is 1.08. The number of nitrogens with zero attached hydrogens (tertiary/aromatic N) is 4. The lowest BCUT2D eigenvalue weighted by Crippen LogP contribution is -2.36. The summed E-state index contributed by atoms with van der Waals surface area (Å²) in [7, 11) is 0. The van der Waals surface area contributed by atoms with Gasteiger partial charge in [-0.2, -0.15) is 0 Å². The van der Waals surface area contributed by atoms with E-state index in [2.05, 4.69) is 49.4 Å². The van der Waals surface area contributed by atoms with Crippen molar-refractivity contribution in [2.75, 3.05) is 5.32 Å². The molecule has 1 spiro atoms. The minimum Gasteiger partial charge on any atom is -0.342 e. The Labute approximate surface area is 225 Å². The van der Waals surface area contributed by atoms with Gasteiger partial charge in [0.15, 0.2) is 0 Å². The van der Waals surface area contributed by atoms with Crippen molar-refractivity contribution >= 4 is 17.6 Å². The molecule has 8 heteroatoms. The third-order valence-electron chi connectivity index (χ3n) is 9.00. The summed E-state index contributed by atoms with van der Waals surface area (Å²) in [6, 6.07) is 16.1. The number of benzene rings is 1. The van der Waals surface area contributed by atoms with Crippen LogP contribution in [0.4, 0.5) is 5.82 Å². The van der Waals surface area contributed by atoms with Crippen LogP contribution in [0.3, 0.4) is 0 Å². The van der Waals surface area contributed by atoms with E-state index in [4.69, 9.17) is 4.98 Å². The second-order valence-corrected chi connectivity index (χ2v) is 11.4. The van der Waals surface area contributed by atoms with Gasteiger partial charge in [-0.15, -0.1) is 0 Å². The average molecular weight is 517 g/mol. The SMILES string of the molecule is O=C(N[C@H]1C[C@@H](c2ccccc2)Cn2c(C3CC3)cnc21)c1cnc2c(c1)CC1(C2)C(=O)Nc2ncccc21. The van der Waals surface area contributed by atoms with Crippen LogP contribution in [0.2, 0.25) is 0 Å². The largest absolute Gasteiger partial charge is 0.342 e. The summed E-state index contributed by atoms with van der Waals surface area (Å²) in [5.74, 6) is 2.23. The third-order valence-corrected chi connectivity index (χ3v) is 9.00. The first-order valence-electron chi connectivity index (χ1n) is 13.7. The van der Waals surface area contributed by atoms with Crippen molar-refractivity contribution in [1.29, 1.82) is 0 Å². The highest BCUT2D eigenvalue weighted by atomic mass is 16.2. The monoisotopic (exact) mass is 516 g/mol. The molecule has 0 bridgehead atoms. The summed E-state index contributed by atoms with van der Waals surface area (Å²) in [5, 5.41) is 6.22. The van der Waals surface area contributed by atoms with Gasteiger partial charge in [0.2, 0.25) is 5.91 Å². The van der Waals surface area contributed by atoms with Crippen molar-refractivity contribution < 1.29 is 9.59 Å². The highest BCUT2D eigenvalue weighted by Gasteiger charge is 2.51. The molecule has 5 heterocycles. The lowest BCUT2D eigenvalue weighted by atomic mass is 9.80. The molecule has 4 aliphatic rings. The van der Waals surface area contributed by atoms with Gasteiger partial charge in [-0.1, -0.05) is 36.4 Å². The van der Waals surface area contributed by atoms with Crippen molar-refractivity contribution in [3.05, 3.63) is 107 Å². The molecule has 8 nitrogen and oxygen atoms in total. The first-order chi connectivity index (χ1) is 19.1. The lowest BCUT2D eigenvalue weighted by Gasteiger charge is -2.32. The van der Waals surface area contributed by atoms with Crippen LogP contribution in [-0.2, 0) is 29.6 Å². The van der Waals surface area contributed by atoms with E-state index in [0.29, 0.717) is 36.1 Å². The molecular formula is C31H28N6O2. The number of carbonyl (C=O) groups is 2. The highest BCUT2D eigenvalue weighted by Crippen LogP contribution is 2.46. The van der Waals surface area contributed by atoms with E-state index < -0.39 is 5.41 Å². The molecule has 2 aliphatic carbocycles. The Morgan fingerprint density at radius 3 is 2.72 bits per heavy atom. The predicted molar refractivity (Wildman–Crippen MR) is 144 cm³/mol. The Hall–Kier alpha value is -4.33. The molecular weight excluding hydrogens is 488 g/mol. The van der Waals surface area contributed by atoms with Crippen LogP contribution in [-0.4, -0.2) is 31.3 Å². The number of aromatic nitrogens is 4. The first kappa shape index (κ1) is 22.6. The quantitative estimate of drug-likeness (QED) is 0.423. The van der Waals surface area contributed by atoms with Crippen molar-refractivity contribution in [2.24, 2.45) is 0 Å². The molecule has 0 saturated heterocycles. The summed E-state index contributed by atoms with van der Waals surface area (Å²) in [5.41, 5.74) is 5.10. The molecule has 2 N–H and O–H groups in total. The van der Waals surface area contributed by atoms with Crippen LogP contribution in [0.1, 0.15) is 81.4 Å². The number of carbonyl (C=O) groups excluding carboxylic acids is 2. The van der Waals surface area contributed by atoms with E-state index in [0.717, 1.165) is 35.6 Å². The zero-order chi connectivity index (χ0) is 26.1. The topological polar surface area (TPSA) is 102 Å². The van der Waals surface area contributed by atoms with E-state index in [1.807, 2.05) is 30.5 Å². The summed E-state index contributed by atoms with van der Waals surface area (Å²) < 4.78 is 2.35. The molecule has 1 saturated carbocycles. The number of fused-ring (bicyclic) bond motifs is 4. The van der Waals surface area contributed by atoms with Crippen LogP contribution < -0.4 is 10.6 Å². The van der Waals surface area contributed by atoms with E-state index >= 15 is 0 Å². The molecule has 194 valence electrons. The average Bonchev–Trinajstić information content (AvgIpc) is 3.49. The molecule has 1 fully saturated rings. The van der Waals surface area contributed by atoms with Gasteiger partial charge in [-0.3, -0.25) is 14.6 Å². The number of anilines is 1. The van der Waals surface area contributed by atoms with Gasteiger partial charge in [-0.25, -0.2) is 9.97 Å². The second kappa shape index (κ2) is 8.33. The number of hydrogen-bond acceptors (Lipinski definition) is 5. The number of imidazole rings is 1. The van der Waals surface area contributed by atoms with Gasteiger partial charge in [0.25, 0.3) is 5.91 Å². The van der Waals surface area contributed by atoms with Gasteiger partial charge in [0.1, 0.15) is 11.6 Å². The summed E-state index contributed by atoms with van der Waals surface area (Å²) in [4.78, 5) is 40.5. The van der Waals surface area contributed by atoms with Crippen LogP contribution >= 0.6 is 0 Å². The van der Waals surface area contributed by atoms with Crippen LogP contribution in [0.15, 0.2) is 67.1 Å². The standard InChI is InChI=1S/C31H28N6O2/c38-29(21-11-20-13-31(14-25(20)33-15-21)23-7-4-10-32-27(23)36-30(31)39)35-24-12-22(18-5-2-1-3-6-18)17-37-26(19-8-9-19)16-34-28(24)37/h1-7,10-11,15-16,19,22,24H,8-9,12-14,17H2,(H,35,38)(H,32,36,39)/t22-,24+,31?/m1/s1. The Bertz CT molecular complexity index is 1640. The van der Waals surface area contributed by atoms with Gasteiger partial charge in [0.05, 0.1) is 17.0 Å². The predicted octanol–water partition coefficient (Wildman–Crippen LogP) is 4.20. The molecule has 1 unspecified atom stereocenters. The fourth-order valence-corrected chi connectivity index (χ4v) is 6.84. The van der Waals surface area contributed by atoms with E-state index in [9.17, 15) is 9.59 Å². The maximum absolute atomic E-state index is 13.6. The Morgan fingerprint density at radius 1 is 1.00 bits per heavy atom. The lowest BCUT2D eigenvalue weighted by molar-refractivity contribution is -0.120. The Kier molecular flexibility index (Phi) is 4.84. The normalized spacial score (nSPS) is 24.7. The van der Waals surface area contributed by atoms with Crippen molar-refractivity contribution in [3.8, 4) is 0 Å². The minimum atomic E-state index is -0.704. The van der Waals surface area contributed by atoms with Crippen molar-refractivity contribution in [3.63, 3.8) is 0 Å². The van der Waals surface area contributed by atoms with Crippen molar-refractivity contribution in [2.45, 2.75) is 61.9 Å². The summed E-state index contributed by atoms with van der Waals surface area (Å²) in [6.07, 6.45) is 9.57. The minimum absolute atomic E-state index is 0.0485. The maximum Gasteiger partial charge on any atom is 0.253 e. The first-order valence-corrected chi connectivity index (χ1v) is 13.7. The molecule has 2 amide bonds. The van der Waals surface area contributed by atoms with Crippen molar-refractivity contribution in [1.82, 2.24) is 24.8 Å². The second-order valence-electron chi connectivity index (χ2n) is 11.4. The number of hydrogen-bond donors (Lipinski definition) is 2. The fraction of sp³-hybridized carbons (Fsp3) is 0.323. The molecule has 3 aromatic heterocycles. The molecule has 3 atom stereocenters. The fourth-order valence-electron chi connectivity index (χ4n) is 6.84.